The maximum absolute atomic E-state index is 11.8. The second-order valence-electron chi connectivity index (χ2n) is 3.69. The lowest BCUT2D eigenvalue weighted by Gasteiger charge is -2.20. The molecule has 1 N–H and O–H groups in total. The number of hydrogen-bond acceptors (Lipinski definition) is 4. The Morgan fingerprint density at radius 1 is 1.42 bits per heavy atom. The lowest BCUT2D eigenvalue weighted by Crippen LogP contribution is -2.39. The molecule has 0 aliphatic heterocycles. The molecule has 100 valence electrons. The van der Waals surface area contributed by atoms with Crippen LogP contribution < -0.4 is 5.32 Å². The summed E-state index contributed by atoms with van der Waals surface area (Å²) in [6, 6.07) is 11.2. The summed E-state index contributed by atoms with van der Waals surface area (Å²) in [4.78, 5) is 23.3. The van der Waals surface area contributed by atoms with E-state index in [-0.39, 0.29) is 26.2 Å². The number of carbonyl (C=O) groups excluding carboxylic acids is 2. The molecule has 19 heavy (non-hydrogen) atoms. The standard InChI is InChI=1S/C13H15N3O3/c14-7-4-8-16(10-15-11-17)13(18)19-9-12-5-2-1-3-6-12/h1-3,5-6,11H,4,8-10H2,(H,15,17). The smallest absolute Gasteiger partial charge is 0.411 e. The van der Waals surface area contributed by atoms with Crippen molar-refractivity contribution in [3.05, 3.63) is 35.9 Å². The predicted octanol–water partition coefficient (Wildman–Crippen LogP) is 1.24. The molecular formula is C13H15N3O3. The van der Waals surface area contributed by atoms with E-state index in [1.165, 1.54) is 4.90 Å². The number of hydrogen-bond donors (Lipinski definition) is 1. The van der Waals surface area contributed by atoms with Crippen LogP contribution in [-0.4, -0.2) is 30.6 Å². The Balaban J connectivity index is 2.46. The third kappa shape index (κ3) is 5.55. The summed E-state index contributed by atoms with van der Waals surface area (Å²) in [5, 5.41) is 10.9. The maximum Gasteiger partial charge on any atom is 0.411 e. The second-order valence-corrected chi connectivity index (χ2v) is 3.69. The van der Waals surface area contributed by atoms with Gasteiger partial charge in [0.25, 0.3) is 0 Å². The summed E-state index contributed by atoms with van der Waals surface area (Å²) in [5.74, 6) is 0. The third-order valence-corrected chi connectivity index (χ3v) is 2.32. The molecule has 0 radical (unpaired) electrons. The third-order valence-electron chi connectivity index (χ3n) is 2.32. The number of nitrogens with one attached hydrogen (secondary N) is 1. The van der Waals surface area contributed by atoms with Gasteiger partial charge in [0.05, 0.1) is 19.2 Å². The van der Waals surface area contributed by atoms with Gasteiger partial charge >= 0.3 is 6.09 Å². The average molecular weight is 261 g/mol. The Kier molecular flexibility index (Phi) is 6.51. The first-order chi connectivity index (χ1) is 9.27. The fourth-order valence-electron chi connectivity index (χ4n) is 1.38. The van der Waals surface area contributed by atoms with Gasteiger partial charge < -0.3 is 10.1 Å². The van der Waals surface area contributed by atoms with Gasteiger partial charge in [0.2, 0.25) is 6.41 Å². The molecule has 6 heteroatoms. The fourth-order valence-corrected chi connectivity index (χ4v) is 1.38. The van der Waals surface area contributed by atoms with Gasteiger partial charge in [-0.05, 0) is 5.56 Å². The molecule has 1 aromatic rings. The van der Waals surface area contributed by atoms with E-state index < -0.39 is 6.09 Å². The zero-order valence-electron chi connectivity index (χ0n) is 10.4. The van der Waals surface area contributed by atoms with Crippen LogP contribution in [0.4, 0.5) is 4.79 Å². The molecule has 0 atom stereocenters. The monoisotopic (exact) mass is 261 g/mol. The van der Waals surface area contributed by atoms with E-state index in [9.17, 15) is 9.59 Å². The maximum atomic E-state index is 11.8. The summed E-state index contributed by atoms with van der Waals surface area (Å²) in [5.41, 5.74) is 0.874. The zero-order chi connectivity index (χ0) is 13.9. The molecule has 0 saturated carbocycles. The highest BCUT2D eigenvalue weighted by Gasteiger charge is 2.14. The predicted molar refractivity (Wildman–Crippen MR) is 67.6 cm³/mol. The largest absolute Gasteiger partial charge is 0.445 e. The van der Waals surface area contributed by atoms with E-state index in [0.29, 0.717) is 6.41 Å². The Morgan fingerprint density at radius 2 is 2.16 bits per heavy atom. The van der Waals surface area contributed by atoms with Gasteiger partial charge in [-0.25, -0.2) is 4.79 Å². The van der Waals surface area contributed by atoms with Crippen molar-refractivity contribution in [1.82, 2.24) is 10.2 Å². The first-order valence-corrected chi connectivity index (χ1v) is 5.77. The highest BCUT2D eigenvalue weighted by Crippen LogP contribution is 2.03. The Morgan fingerprint density at radius 3 is 2.79 bits per heavy atom. The summed E-state index contributed by atoms with van der Waals surface area (Å²) in [6.07, 6.45) is 0.110. The molecule has 0 aromatic heterocycles. The van der Waals surface area contributed by atoms with Crippen molar-refractivity contribution in [3.8, 4) is 6.07 Å². The Hall–Kier alpha value is -2.55. The number of carbonyl (C=O) groups is 2. The van der Waals surface area contributed by atoms with Crippen LogP contribution in [0.25, 0.3) is 0 Å². The normalized spacial score (nSPS) is 9.21. The summed E-state index contributed by atoms with van der Waals surface area (Å²) < 4.78 is 5.11. The molecule has 0 bridgehead atoms. The van der Waals surface area contributed by atoms with Crippen LogP contribution in [-0.2, 0) is 16.1 Å². The van der Waals surface area contributed by atoms with Crippen molar-refractivity contribution in [2.45, 2.75) is 13.0 Å². The van der Waals surface area contributed by atoms with Gasteiger partial charge in [0.15, 0.2) is 0 Å². The highest BCUT2D eigenvalue weighted by atomic mass is 16.6. The number of nitriles is 1. The molecule has 0 heterocycles. The molecule has 1 rings (SSSR count). The van der Waals surface area contributed by atoms with E-state index in [2.05, 4.69) is 5.32 Å². The number of benzene rings is 1. The van der Waals surface area contributed by atoms with E-state index in [4.69, 9.17) is 10.00 Å². The van der Waals surface area contributed by atoms with Crippen molar-refractivity contribution < 1.29 is 14.3 Å². The SMILES string of the molecule is N#CCCN(CNC=O)C(=O)OCc1ccccc1. The molecular weight excluding hydrogens is 246 g/mol. The quantitative estimate of drug-likeness (QED) is 0.591. The molecule has 0 spiro atoms. The van der Waals surface area contributed by atoms with Crippen molar-refractivity contribution in [1.29, 1.82) is 5.26 Å². The van der Waals surface area contributed by atoms with Gasteiger partial charge in [-0.15, -0.1) is 0 Å². The van der Waals surface area contributed by atoms with Crippen molar-refractivity contribution >= 4 is 12.5 Å². The second kappa shape index (κ2) is 8.53. The topological polar surface area (TPSA) is 82.4 Å². The number of amides is 2. The first kappa shape index (κ1) is 14.5. The van der Waals surface area contributed by atoms with E-state index in [1.807, 2.05) is 36.4 Å². The summed E-state index contributed by atoms with van der Waals surface area (Å²) >= 11 is 0. The van der Waals surface area contributed by atoms with Crippen LogP contribution in [0.2, 0.25) is 0 Å². The molecule has 1 aromatic carbocycles. The Labute approximate surface area is 111 Å². The number of nitrogens with zero attached hydrogens (tertiary/aromatic N) is 2. The minimum atomic E-state index is -0.562. The van der Waals surface area contributed by atoms with Crippen LogP contribution in [0, 0.1) is 11.3 Å². The van der Waals surface area contributed by atoms with Gasteiger partial charge in [-0.3, -0.25) is 9.69 Å². The van der Waals surface area contributed by atoms with E-state index in [0.717, 1.165) is 5.56 Å². The fraction of sp³-hybridized carbons (Fsp3) is 0.308. The molecule has 6 nitrogen and oxygen atoms in total. The van der Waals surface area contributed by atoms with Crippen molar-refractivity contribution in [2.24, 2.45) is 0 Å². The lowest BCUT2D eigenvalue weighted by molar-refractivity contribution is -0.110. The van der Waals surface area contributed by atoms with Crippen molar-refractivity contribution in [3.63, 3.8) is 0 Å². The summed E-state index contributed by atoms with van der Waals surface area (Å²) in [7, 11) is 0. The van der Waals surface area contributed by atoms with E-state index >= 15 is 0 Å². The average Bonchev–Trinajstić information content (AvgIpc) is 2.46. The molecule has 0 aliphatic carbocycles. The highest BCUT2D eigenvalue weighted by molar-refractivity contribution is 5.68. The number of rotatable bonds is 7. The Bertz CT molecular complexity index is 442. The van der Waals surface area contributed by atoms with Crippen molar-refractivity contribution in [2.75, 3.05) is 13.2 Å². The molecule has 0 aliphatic rings. The van der Waals surface area contributed by atoms with E-state index in [1.54, 1.807) is 0 Å². The van der Waals surface area contributed by atoms with Gasteiger partial charge in [0.1, 0.15) is 6.61 Å². The van der Waals surface area contributed by atoms with Crippen LogP contribution in [0.5, 0.6) is 0 Å². The molecule has 0 fully saturated rings. The molecule has 0 saturated heterocycles. The number of ether oxygens (including phenoxy) is 1. The minimum absolute atomic E-state index is 0.0266. The van der Waals surface area contributed by atoms with Crippen LogP contribution in [0.3, 0.4) is 0 Å². The zero-order valence-corrected chi connectivity index (χ0v) is 10.4. The van der Waals surface area contributed by atoms with Crippen LogP contribution in [0.15, 0.2) is 30.3 Å². The van der Waals surface area contributed by atoms with Gasteiger partial charge in [-0.1, -0.05) is 30.3 Å². The van der Waals surface area contributed by atoms with Crippen LogP contribution >= 0.6 is 0 Å². The molecule has 0 unspecified atom stereocenters. The lowest BCUT2D eigenvalue weighted by atomic mass is 10.2. The minimum Gasteiger partial charge on any atom is -0.445 e. The van der Waals surface area contributed by atoms with Gasteiger partial charge in [0, 0.05) is 6.54 Å². The molecule has 2 amide bonds. The van der Waals surface area contributed by atoms with Crippen LogP contribution in [0.1, 0.15) is 12.0 Å². The first-order valence-electron chi connectivity index (χ1n) is 5.77. The van der Waals surface area contributed by atoms with Gasteiger partial charge in [-0.2, -0.15) is 5.26 Å². The summed E-state index contributed by atoms with van der Waals surface area (Å²) in [6.45, 7) is 0.396.